The first-order chi connectivity index (χ1) is 13.1. The van der Waals surface area contributed by atoms with E-state index in [4.69, 9.17) is 0 Å². The topological polar surface area (TPSA) is 75.6 Å². The highest BCUT2D eigenvalue weighted by atomic mass is 79.9. The highest BCUT2D eigenvalue weighted by Gasteiger charge is 2.11. The van der Waals surface area contributed by atoms with Crippen molar-refractivity contribution in [3.05, 3.63) is 58.3 Å². The zero-order valence-corrected chi connectivity index (χ0v) is 17.2. The number of hydrogen-bond acceptors (Lipinski definition) is 7. The molecule has 2 aromatic heterocycles. The predicted molar refractivity (Wildman–Crippen MR) is 114 cm³/mol. The fraction of sp³-hybridized carbons (Fsp3) is 0.158. The van der Waals surface area contributed by atoms with Gasteiger partial charge in [0.1, 0.15) is 5.82 Å². The minimum Gasteiger partial charge on any atom is -0.324 e. The first-order valence-electron chi connectivity index (χ1n) is 8.46. The highest BCUT2D eigenvalue weighted by molar-refractivity contribution is 9.10. The van der Waals surface area contributed by atoms with Crippen molar-refractivity contribution in [2.45, 2.75) is 19.8 Å². The molecule has 0 fully saturated rings. The van der Waals surface area contributed by atoms with Crippen LogP contribution in [0.3, 0.4) is 0 Å². The summed E-state index contributed by atoms with van der Waals surface area (Å²) in [6.07, 6.45) is 0. The number of nitrogens with zero attached hydrogens (tertiary/aromatic N) is 4. The largest absolute Gasteiger partial charge is 0.324 e. The number of anilines is 4. The zero-order valence-electron chi connectivity index (χ0n) is 14.8. The van der Waals surface area contributed by atoms with Gasteiger partial charge in [0.25, 0.3) is 0 Å². The van der Waals surface area contributed by atoms with Crippen molar-refractivity contribution in [1.29, 1.82) is 0 Å². The average molecular weight is 441 g/mol. The summed E-state index contributed by atoms with van der Waals surface area (Å²) in [5.41, 5.74) is 4.66. The van der Waals surface area contributed by atoms with Crippen LogP contribution < -0.4 is 10.6 Å². The number of hydrogen-bond donors (Lipinski definition) is 2. The summed E-state index contributed by atoms with van der Waals surface area (Å²) >= 11 is 5.05. The van der Waals surface area contributed by atoms with Gasteiger partial charge in [-0.05, 0) is 42.5 Å². The van der Waals surface area contributed by atoms with Gasteiger partial charge >= 0.3 is 0 Å². The van der Waals surface area contributed by atoms with Crippen molar-refractivity contribution in [2.24, 2.45) is 0 Å². The van der Waals surface area contributed by atoms with Crippen LogP contribution in [0.4, 0.5) is 23.3 Å². The van der Waals surface area contributed by atoms with E-state index >= 15 is 0 Å². The molecule has 6 nitrogen and oxygen atoms in total. The van der Waals surface area contributed by atoms with Gasteiger partial charge < -0.3 is 10.6 Å². The van der Waals surface area contributed by atoms with Gasteiger partial charge in [0.05, 0.1) is 15.7 Å². The SMILES string of the molecule is CC(C)c1nc(Nc2ccc(Br)cc2)nc(Nc2ccc3ncsc3c2)n1. The van der Waals surface area contributed by atoms with Crippen LogP contribution in [0.25, 0.3) is 10.2 Å². The molecule has 8 heteroatoms. The molecule has 0 aliphatic carbocycles. The fourth-order valence-corrected chi connectivity index (χ4v) is 3.47. The van der Waals surface area contributed by atoms with Crippen molar-refractivity contribution >= 4 is 60.8 Å². The number of rotatable bonds is 5. The molecule has 27 heavy (non-hydrogen) atoms. The maximum absolute atomic E-state index is 4.56. The molecule has 0 saturated carbocycles. The van der Waals surface area contributed by atoms with Crippen molar-refractivity contribution in [3.8, 4) is 0 Å². The quantitative estimate of drug-likeness (QED) is 0.404. The fourth-order valence-electron chi connectivity index (χ4n) is 2.49. The van der Waals surface area contributed by atoms with Gasteiger partial charge in [-0.1, -0.05) is 29.8 Å². The molecular weight excluding hydrogens is 424 g/mol. The van der Waals surface area contributed by atoms with Gasteiger partial charge in [0.2, 0.25) is 11.9 Å². The maximum Gasteiger partial charge on any atom is 0.232 e. The summed E-state index contributed by atoms with van der Waals surface area (Å²) in [7, 11) is 0. The van der Waals surface area contributed by atoms with Gasteiger partial charge in [0, 0.05) is 21.8 Å². The second kappa shape index (κ2) is 7.58. The van der Waals surface area contributed by atoms with E-state index in [9.17, 15) is 0 Å². The smallest absolute Gasteiger partial charge is 0.232 e. The Balaban J connectivity index is 1.64. The molecule has 2 N–H and O–H groups in total. The molecule has 0 saturated heterocycles. The normalized spacial score (nSPS) is 11.1. The third-order valence-electron chi connectivity index (χ3n) is 3.86. The molecule has 0 atom stereocenters. The first kappa shape index (κ1) is 17.8. The third kappa shape index (κ3) is 4.23. The molecular formula is C19H17BrN6S. The Morgan fingerprint density at radius 3 is 2.26 bits per heavy atom. The van der Waals surface area contributed by atoms with E-state index in [2.05, 4.69) is 60.3 Å². The number of thiazole rings is 1. The van der Waals surface area contributed by atoms with Crippen molar-refractivity contribution in [2.75, 3.05) is 10.6 Å². The molecule has 2 heterocycles. The van der Waals surface area contributed by atoms with Crippen molar-refractivity contribution in [1.82, 2.24) is 19.9 Å². The number of nitrogens with one attached hydrogen (secondary N) is 2. The molecule has 0 aliphatic heterocycles. The molecule has 0 spiro atoms. The summed E-state index contributed by atoms with van der Waals surface area (Å²) in [6.45, 7) is 4.12. The van der Waals surface area contributed by atoms with Crippen LogP contribution in [-0.2, 0) is 0 Å². The van der Waals surface area contributed by atoms with E-state index in [0.717, 1.165) is 31.9 Å². The predicted octanol–water partition coefficient (Wildman–Crippen LogP) is 5.85. The number of benzene rings is 2. The van der Waals surface area contributed by atoms with Crippen molar-refractivity contribution < 1.29 is 0 Å². The zero-order chi connectivity index (χ0) is 18.8. The van der Waals surface area contributed by atoms with Crippen molar-refractivity contribution in [3.63, 3.8) is 0 Å². The summed E-state index contributed by atoms with van der Waals surface area (Å²) in [5, 5.41) is 6.53. The summed E-state index contributed by atoms with van der Waals surface area (Å²) in [4.78, 5) is 17.9. The lowest BCUT2D eigenvalue weighted by Crippen LogP contribution is -2.08. The van der Waals surface area contributed by atoms with Crippen LogP contribution in [0.15, 0.2) is 52.4 Å². The van der Waals surface area contributed by atoms with Crippen LogP contribution in [0.5, 0.6) is 0 Å². The standard InChI is InChI=1S/C19H17BrN6S/c1-11(2)17-24-18(22-13-5-3-12(20)4-6-13)26-19(25-17)23-14-7-8-15-16(9-14)27-10-21-15/h3-11H,1-2H3,(H2,22,23,24,25,26). The van der Waals surface area contributed by atoms with Crippen LogP contribution in [0.1, 0.15) is 25.6 Å². The summed E-state index contributed by atoms with van der Waals surface area (Å²) < 4.78 is 2.14. The highest BCUT2D eigenvalue weighted by Crippen LogP contribution is 2.25. The van der Waals surface area contributed by atoms with Crippen LogP contribution in [-0.4, -0.2) is 19.9 Å². The molecule has 0 bridgehead atoms. The molecule has 0 radical (unpaired) electrons. The Labute approximate surface area is 169 Å². The Bertz CT molecular complexity index is 1080. The lowest BCUT2D eigenvalue weighted by molar-refractivity contribution is 0.766. The Morgan fingerprint density at radius 1 is 0.889 bits per heavy atom. The van der Waals surface area contributed by atoms with E-state index < -0.39 is 0 Å². The van der Waals surface area contributed by atoms with Gasteiger partial charge in [-0.15, -0.1) is 11.3 Å². The van der Waals surface area contributed by atoms with Crippen LogP contribution >= 0.6 is 27.3 Å². The van der Waals surface area contributed by atoms with Gasteiger partial charge in [-0.25, -0.2) is 4.98 Å². The Hall–Kier alpha value is -2.58. The molecule has 4 aromatic rings. The second-order valence-corrected chi connectivity index (χ2v) is 8.09. The molecule has 0 aliphatic rings. The lowest BCUT2D eigenvalue weighted by Gasteiger charge is -2.12. The van der Waals surface area contributed by atoms with Crippen LogP contribution in [0.2, 0.25) is 0 Å². The maximum atomic E-state index is 4.56. The Morgan fingerprint density at radius 2 is 1.56 bits per heavy atom. The molecule has 136 valence electrons. The minimum atomic E-state index is 0.183. The van der Waals surface area contributed by atoms with E-state index in [1.165, 1.54) is 0 Å². The Kier molecular flexibility index (Phi) is 5.00. The van der Waals surface area contributed by atoms with E-state index in [1.54, 1.807) is 11.3 Å². The minimum absolute atomic E-state index is 0.183. The molecule has 0 amide bonds. The van der Waals surface area contributed by atoms with E-state index in [0.29, 0.717) is 11.9 Å². The second-order valence-electron chi connectivity index (χ2n) is 6.29. The average Bonchev–Trinajstić information content (AvgIpc) is 3.11. The van der Waals surface area contributed by atoms with Crippen LogP contribution in [0, 0.1) is 0 Å². The van der Waals surface area contributed by atoms with E-state index in [1.807, 2.05) is 48.0 Å². The molecule has 4 rings (SSSR count). The lowest BCUT2D eigenvalue weighted by atomic mass is 10.2. The third-order valence-corrected chi connectivity index (χ3v) is 5.18. The number of fused-ring (bicyclic) bond motifs is 1. The summed E-state index contributed by atoms with van der Waals surface area (Å²) in [6, 6.07) is 13.9. The van der Waals surface area contributed by atoms with Gasteiger partial charge in [-0.3, -0.25) is 0 Å². The summed E-state index contributed by atoms with van der Waals surface area (Å²) in [5.74, 6) is 1.93. The van der Waals surface area contributed by atoms with E-state index in [-0.39, 0.29) is 5.92 Å². The van der Waals surface area contributed by atoms with Gasteiger partial charge in [-0.2, -0.15) is 15.0 Å². The monoisotopic (exact) mass is 440 g/mol. The number of halogens is 1. The molecule has 0 unspecified atom stereocenters. The number of aromatic nitrogens is 4. The van der Waals surface area contributed by atoms with Gasteiger partial charge in [0.15, 0.2) is 0 Å². The first-order valence-corrected chi connectivity index (χ1v) is 10.1. The molecule has 2 aromatic carbocycles.